The Labute approximate surface area is 147 Å². The van der Waals surface area contributed by atoms with Crippen LogP contribution in [-0.4, -0.2) is 60.5 Å². The third-order valence-corrected chi connectivity index (χ3v) is 5.29. The Hall–Kier alpha value is -0.0300. The average molecular weight is 352 g/mol. The van der Waals surface area contributed by atoms with Gasteiger partial charge in [-0.05, 0) is 58.2 Å². The predicted molar refractivity (Wildman–Crippen MR) is 95.2 cm³/mol. The number of amides is 1. The van der Waals surface area contributed by atoms with Gasteiger partial charge in [-0.1, -0.05) is 12.8 Å². The number of hydrogen-bond acceptors (Lipinski definition) is 3. The molecule has 0 saturated carbocycles. The smallest absolute Gasteiger partial charge is 0.239 e. The number of nitrogens with zero attached hydrogens (tertiary/aromatic N) is 2. The molecule has 1 N–H and O–H groups in total. The number of piperidine rings is 3. The Balaban J connectivity index is 0.00000121. The van der Waals surface area contributed by atoms with Crippen molar-refractivity contribution in [1.82, 2.24) is 15.1 Å². The highest BCUT2D eigenvalue weighted by Crippen LogP contribution is 2.22. The predicted octanol–water partition coefficient (Wildman–Crippen LogP) is 2.45. The molecule has 3 saturated heterocycles. The van der Waals surface area contributed by atoms with Gasteiger partial charge in [0.15, 0.2) is 0 Å². The molecule has 130 valence electrons. The van der Waals surface area contributed by atoms with E-state index in [1.165, 1.54) is 58.0 Å². The van der Waals surface area contributed by atoms with E-state index in [0.29, 0.717) is 5.91 Å². The van der Waals surface area contributed by atoms with Crippen LogP contribution < -0.4 is 5.32 Å². The number of likely N-dealkylation sites (tertiary alicyclic amines) is 2. The van der Waals surface area contributed by atoms with E-state index in [-0.39, 0.29) is 30.9 Å². The lowest BCUT2D eigenvalue weighted by atomic mass is 9.98. The summed E-state index contributed by atoms with van der Waals surface area (Å²) in [6, 6.07) is 0.842. The molecule has 3 aliphatic rings. The molecule has 0 aromatic rings. The highest BCUT2D eigenvalue weighted by molar-refractivity contribution is 5.85. The minimum atomic E-state index is 0. The number of carbonyl (C=O) groups excluding carboxylic acids is 1. The monoisotopic (exact) mass is 351 g/mol. The van der Waals surface area contributed by atoms with Crippen molar-refractivity contribution < 1.29 is 4.79 Å². The van der Waals surface area contributed by atoms with Crippen LogP contribution in [0.15, 0.2) is 0 Å². The summed E-state index contributed by atoms with van der Waals surface area (Å²) in [5.74, 6) is 0.363. The number of hydrogen-bond donors (Lipinski definition) is 1. The lowest BCUT2D eigenvalue weighted by molar-refractivity contribution is -0.135. The van der Waals surface area contributed by atoms with Crippen molar-refractivity contribution in [3.05, 3.63) is 0 Å². The fraction of sp³-hybridized carbons (Fsp3) is 0.938. The zero-order valence-corrected chi connectivity index (χ0v) is 15.1. The number of halogens is 2. The van der Waals surface area contributed by atoms with Gasteiger partial charge >= 0.3 is 0 Å². The fourth-order valence-corrected chi connectivity index (χ4v) is 4.02. The topological polar surface area (TPSA) is 35.6 Å². The van der Waals surface area contributed by atoms with Gasteiger partial charge in [0.25, 0.3) is 0 Å². The van der Waals surface area contributed by atoms with Crippen LogP contribution in [0, 0.1) is 0 Å². The second-order valence-electron chi connectivity index (χ2n) is 6.66. The van der Waals surface area contributed by atoms with Crippen molar-refractivity contribution in [2.24, 2.45) is 0 Å². The van der Waals surface area contributed by atoms with Gasteiger partial charge in [-0.25, -0.2) is 0 Å². The summed E-state index contributed by atoms with van der Waals surface area (Å²) >= 11 is 0. The average Bonchev–Trinajstić information content (AvgIpc) is 2.56. The summed E-state index contributed by atoms with van der Waals surface area (Å²) in [5.41, 5.74) is 0. The van der Waals surface area contributed by atoms with Crippen LogP contribution in [0.3, 0.4) is 0 Å². The summed E-state index contributed by atoms with van der Waals surface area (Å²) in [7, 11) is 0. The first-order valence-corrected chi connectivity index (χ1v) is 8.61. The SMILES string of the molecule is Cl.Cl.O=C([C@H]1CCCCN1)N1CCC(N2CCCCC2)CC1. The van der Waals surface area contributed by atoms with Gasteiger partial charge in [-0.15, -0.1) is 24.8 Å². The molecule has 0 radical (unpaired) electrons. The standard InChI is InChI=1S/C16H29N3O.2ClH/c20-16(15-6-2-3-9-17-15)19-12-7-14(8-13-19)18-10-4-1-5-11-18;;/h14-15,17H,1-13H2;2*1H/t15-;;/m1../s1. The Kier molecular flexibility index (Phi) is 9.07. The second kappa shape index (κ2) is 9.96. The van der Waals surface area contributed by atoms with E-state index < -0.39 is 0 Å². The van der Waals surface area contributed by atoms with Crippen molar-refractivity contribution >= 4 is 30.7 Å². The first-order valence-electron chi connectivity index (χ1n) is 8.61. The Bertz CT molecular complexity index is 323. The number of nitrogens with one attached hydrogen (secondary N) is 1. The minimum absolute atomic E-state index is 0. The molecule has 3 fully saturated rings. The van der Waals surface area contributed by atoms with E-state index in [1.807, 2.05) is 0 Å². The van der Waals surface area contributed by atoms with Crippen molar-refractivity contribution in [3.63, 3.8) is 0 Å². The van der Waals surface area contributed by atoms with Gasteiger partial charge in [0.2, 0.25) is 5.91 Å². The minimum Gasteiger partial charge on any atom is -0.341 e. The van der Waals surface area contributed by atoms with Gasteiger partial charge in [0, 0.05) is 19.1 Å². The van der Waals surface area contributed by atoms with Crippen molar-refractivity contribution in [2.75, 3.05) is 32.7 Å². The molecule has 0 aromatic heterocycles. The van der Waals surface area contributed by atoms with Crippen LogP contribution in [0.2, 0.25) is 0 Å². The van der Waals surface area contributed by atoms with E-state index in [1.54, 1.807) is 0 Å². The molecule has 0 unspecified atom stereocenters. The highest BCUT2D eigenvalue weighted by atomic mass is 35.5. The lowest BCUT2D eigenvalue weighted by Crippen LogP contribution is -2.53. The molecule has 1 amide bonds. The van der Waals surface area contributed by atoms with Crippen LogP contribution >= 0.6 is 24.8 Å². The molecule has 3 heterocycles. The van der Waals surface area contributed by atoms with E-state index in [9.17, 15) is 4.79 Å². The quantitative estimate of drug-likeness (QED) is 0.829. The molecule has 4 nitrogen and oxygen atoms in total. The zero-order valence-electron chi connectivity index (χ0n) is 13.5. The third-order valence-electron chi connectivity index (χ3n) is 5.29. The van der Waals surface area contributed by atoms with Crippen LogP contribution in [-0.2, 0) is 4.79 Å². The highest BCUT2D eigenvalue weighted by Gasteiger charge is 2.31. The van der Waals surface area contributed by atoms with Crippen LogP contribution in [0.5, 0.6) is 0 Å². The molecule has 0 spiro atoms. The number of carbonyl (C=O) groups is 1. The summed E-state index contributed by atoms with van der Waals surface area (Å²) in [5, 5.41) is 3.39. The molecule has 22 heavy (non-hydrogen) atoms. The normalized spacial score (nSPS) is 27.6. The fourth-order valence-electron chi connectivity index (χ4n) is 4.02. The van der Waals surface area contributed by atoms with E-state index in [2.05, 4.69) is 15.1 Å². The molecular formula is C16H31Cl2N3O. The first-order chi connectivity index (χ1) is 9.84. The van der Waals surface area contributed by atoms with Crippen LogP contribution in [0.25, 0.3) is 0 Å². The van der Waals surface area contributed by atoms with Gasteiger partial charge in [0.1, 0.15) is 0 Å². The Morgan fingerprint density at radius 2 is 1.50 bits per heavy atom. The van der Waals surface area contributed by atoms with Gasteiger partial charge in [0.05, 0.1) is 6.04 Å². The van der Waals surface area contributed by atoms with Crippen LogP contribution in [0.4, 0.5) is 0 Å². The van der Waals surface area contributed by atoms with E-state index in [4.69, 9.17) is 0 Å². The molecule has 3 rings (SSSR count). The van der Waals surface area contributed by atoms with Crippen LogP contribution in [0.1, 0.15) is 51.4 Å². The van der Waals surface area contributed by atoms with E-state index >= 15 is 0 Å². The molecule has 0 aliphatic carbocycles. The molecule has 0 bridgehead atoms. The molecule has 0 aromatic carbocycles. The summed E-state index contributed by atoms with van der Waals surface area (Å²) in [4.78, 5) is 17.3. The maximum absolute atomic E-state index is 12.5. The van der Waals surface area contributed by atoms with Crippen molar-refractivity contribution in [2.45, 2.75) is 63.5 Å². The first kappa shape index (κ1) is 20.0. The largest absolute Gasteiger partial charge is 0.341 e. The zero-order chi connectivity index (χ0) is 13.8. The Morgan fingerprint density at radius 3 is 2.09 bits per heavy atom. The molecule has 6 heteroatoms. The summed E-state index contributed by atoms with van der Waals surface area (Å²) < 4.78 is 0. The van der Waals surface area contributed by atoms with Crippen molar-refractivity contribution in [3.8, 4) is 0 Å². The maximum atomic E-state index is 12.5. The lowest BCUT2D eigenvalue weighted by Gasteiger charge is -2.41. The third kappa shape index (κ3) is 4.98. The number of rotatable bonds is 2. The summed E-state index contributed by atoms with van der Waals surface area (Å²) in [6.45, 7) is 5.52. The summed E-state index contributed by atoms with van der Waals surface area (Å²) in [6.07, 6.45) is 9.95. The molecule has 3 aliphatic heterocycles. The Morgan fingerprint density at radius 1 is 0.818 bits per heavy atom. The van der Waals surface area contributed by atoms with Gasteiger partial charge < -0.3 is 15.1 Å². The molecule has 1 atom stereocenters. The van der Waals surface area contributed by atoms with Gasteiger partial charge in [-0.3, -0.25) is 4.79 Å². The van der Waals surface area contributed by atoms with E-state index in [0.717, 1.165) is 32.1 Å². The van der Waals surface area contributed by atoms with Gasteiger partial charge in [-0.2, -0.15) is 0 Å². The molecular weight excluding hydrogens is 321 g/mol. The van der Waals surface area contributed by atoms with Crippen molar-refractivity contribution in [1.29, 1.82) is 0 Å². The second-order valence-corrected chi connectivity index (χ2v) is 6.66. The maximum Gasteiger partial charge on any atom is 0.239 e.